The first-order valence-electron chi connectivity index (χ1n) is 12.0. The average Bonchev–Trinajstić information content (AvgIpc) is 2.85. The van der Waals surface area contributed by atoms with Crippen molar-refractivity contribution in [3.8, 4) is 11.6 Å². The van der Waals surface area contributed by atoms with Gasteiger partial charge in [0.25, 0.3) is 5.91 Å². The molecule has 8 heteroatoms. The van der Waals surface area contributed by atoms with Crippen molar-refractivity contribution < 1.29 is 18.3 Å². The molecule has 6 nitrogen and oxygen atoms in total. The van der Waals surface area contributed by atoms with Crippen molar-refractivity contribution in [3.05, 3.63) is 76.5 Å². The number of halogens is 2. The van der Waals surface area contributed by atoms with E-state index in [2.05, 4.69) is 11.8 Å². The number of rotatable bonds is 4. The van der Waals surface area contributed by atoms with E-state index in [4.69, 9.17) is 14.7 Å². The second kappa shape index (κ2) is 9.60. The monoisotopic (exact) mass is 478 g/mol. The van der Waals surface area contributed by atoms with E-state index in [1.54, 1.807) is 0 Å². The summed E-state index contributed by atoms with van der Waals surface area (Å²) in [6, 6.07) is 10.7. The van der Waals surface area contributed by atoms with Crippen LogP contribution in [0.15, 0.2) is 42.5 Å². The second-order valence-electron chi connectivity index (χ2n) is 9.44. The summed E-state index contributed by atoms with van der Waals surface area (Å²) in [5.74, 6) is 0.282. The molecule has 0 N–H and O–H groups in total. The van der Waals surface area contributed by atoms with E-state index in [1.807, 2.05) is 31.2 Å². The molecule has 2 aliphatic heterocycles. The quantitative estimate of drug-likeness (QED) is 0.510. The van der Waals surface area contributed by atoms with E-state index >= 15 is 0 Å². The number of fused-ring (bicyclic) bond motifs is 1. The molecule has 3 aromatic rings. The molecular weight excluding hydrogens is 450 g/mol. The van der Waals surface area contributed by atoms with Crippen molar-refractivity contribution in [1.29, 1.82) is 0 Å². The molecule has 0 bridgehead atoms. The molecule has 0 spiro atoms. The molecule has 0 aliphatic carbocycles. The summed E-state index contributed by atoms with van der Waals surface area (Å²) < 4.78 is 33.9. The normalized spacial score (nSPS) is 16.2. The van der Waals surface area contributed by atoms with Gasteiger partial charge in [0.05, 0.1) is 23.4 Å². The first-order valence-corrected chi connectivity index (χ1v) is 12.0. The summed E-state index contributed by atoms with van der Waals surface area (Å²) >= 11 is 0. The number of hydrogen-bond donors (Lipinski definition) is 0. The maximum atomic E-state index is 14.3. The first-order chi connectivity index (χ1) is 16.9. The van der Waals surface area contributed by atoms with Crippen LogP contribution in [0.1, 0.15) is 46.9 Å². The number of amides is 1. The highest BCUT2D eigenvalue weighted by atomic mass is 19.1. The first kappa shape index (κ1) is 23.2. The molecule has 1 amide bonds. The van der Waals surface area contributed by atoms with Gasteiger partial charge in [0.15, 0.2) is 0 Å². The van der Waals surface area contributed by atoms with Gasteiger partial charge in [0, 0.05) is 32.1 Å². The Balaban J connectivity index is 1.47. The fourth-order valence-electron chi connectivity index (χ4n) is 4.53. The number of carbonyl (C=O) groups is 1. The zero-order valence-electron chi connectivity index (χ0n) is 19.9. The predicted octanol–water partition coefficient (Wildman–Crippen LogP) is 5.29. The van der Waals surface area contributed by atoms with Crippen molar-refractivity contribution in [2.24, 2.45) is 5.92 Å². The maximum absolute atomic E-state index is 14.3. The number of anilines is 1. The average molecular weight is 479 g/mol. The lowest BCUT2D eigenvalue weighted by Crippen LogP contribution is -2.38. The predicted molar refractivity (Wildman–Crippen MR) is 129 cm³/mol. The third kappa shape index (κ3) is 4.97. The highest BCUT2D eigenvalue weighted by Gasteiger charge is 2.30. The number of aromatic nitrogens is 2. The molecule has 3 heterocycles. The fourth-order valence-corrected chi connectivity index (χ4v) is 4.53. The number of piperidine rings is 1. The molecule has 2 aliphatic rings. The molecule has 0 radical (unpaired) electrons. The number of carbonyl (C=O) groups excluding carboxylic acids is 1. The summed E-state index contributed by atoms with van der Waals surface area (Å²) in [5, 5.41) is 0. The lowest BCUT2D eigenvalue weighted by Gasteiger charge is -2.33. The molecule has 35 heavy (non-hydrogen) atoms. The highest BCUT2D eigenvalue weighted by molar-refractivity contribution is 5.94. The zero-order chi connectivity index (χ0) is 24.5. The molecule has 0 unspecified atom stereocenters. The summed E-state index contributed by atoms with van der Waals surface area (Å²) in [6.07, 6.45) is 2.66. The number of benzene rings is 2. The molecular formula is C27H28F2N4O2. The highest BCUT2D eigenvalue weighted by Crippen LogP contribution is 2.33. The lowest BCUT2D eigenvalue weighted by molar-refractivity contribution is 0.0727. The van der Waals surface area contributed by atoms with Crippen molar-refractivity contribution in [2.45, 2.75) is 39.7 Å². The van der Waals surface area contributed by atoms with Gasteiger partial charge >= 0.3 is 0 Å². The van der Waals surface area contributed by atoms with Crippen LogP contribution in [-0.2, 0) is 13.0 Å². The number of aryl methyl sites for hydroxylation is 1. The zero-order valence-corrected chi connectivity index (χ0v) is 19.9. The Morgan fingerprint density at radius 2 is 1.77 bits per heavy atom. The van der Waals surface area contributed by atoms with E-state index < -0.39 is 17.5 Å². The third-order valence-electron chi connectivity index (χ3n) is 6.76. The van der Waals surface area contributed by atoms with Crippen molar-refractivity contribution in [2.75, 3.05) is 24.5 Å². The smallest absolute Gasteiger partial charge is 0.257 e. The molecule has 1 fully saturated rings. The van der Waals surface area contributed by atoms with Crippen LogP contribution in [0.25, 0.3) is 0 Å². The molecule has 2 aromatic carbocycles. The Labute approximate surface area is 203 Å². The van der Waals surface area contributed by atoms with E-state index in [0.717, 1.165) is 49.3 Å². The number of hydrogen-bond acceptors (Lipinski definition) is 5. The van der Waals surface area contributed by atoms with Crippen molar-refractivity contribution in [1.82, 2.24) is 14.9 Å². The van der Waals surface area contributed by atoms with Crippen LogP contribution in [0.5, 0.6) is 11.6 Å². The SMILES string of the molecule is Cc1ccc(Oc2nc(N3CCC(C)CC3)nc3c2CN(C(=O)c2ccc(F)cc2F)CC3)cc1. The second-order valence-corrected chi connectivity index (χ2v) is 9.44. The molecule has 0 atom stereocenters. The standard InChI is InChI=1S/C27H28F2N4O2/c1-17-3-6-20(7-4-17)35-25-22-16-33(26(34)21-8-5-19(28)15-23(21)29)14-11-24(22)30-27(31-25)32-12-9-18(2)10-13-32/h3-8,15,18H,9-14,16H2,1-2H3. The Morgan fingerprint density at radius 3 is 2.49 bits per heavy atom. The van der Waals surface area contributed by atoms with Crippen LogP contribution >= 0.6 is 0 Å². The summed E-state index contributed by atoms with van der Waals surface area (Å²) in [6.45, 7) is 6.59. The molecule has 1 aromatic heterocycles. The van der Waals surface area contributed by atoms with Gasteiger partial charge in [-0.2, -0.15) is 4.98 Å². The van der Waals surface area contributed by atoms with Crippen LogP contribution in [0.4, 0.5) is 14.7 Å². The summed E-state index contributed by atoms with van der Waals surface area (Å²) in [7, 11) is 0. The minimum absolute atomic E-state index is 0.157. The minimum Gasteiger partial charge on any atom is -0.438 e. The van der Waals surface area contributed by atoms with Gasteiger partial charge in [-0.25, -0.2) is 13.8 Å². The van der Waals surface area contributed by atoms with Crippen molar-refractivity contribution in [3.63, 3.8) is 0 Å². The van der Waals surface area contributed by atoms with E-state index in [-0.39, 0.29) is 12.1 Å². The van der Waals surface area contributed by atoms with Gasteiger partial charge in [-0.15, -0.1) is 0 Å². The Hall–Kier alpha value is -3.55. The molecule has 1 saturated heterocycles. The van der Waals surface area contributed by atoms with Gasteiger partial charge < -0.3 is 14.5 Å². The maximum Gasteiger partial charge on any atom is 0.257 e. The molecule has 5 rings (SSSR count). The van der Waals surface area contributed by atoms with Gasteiger partial charge in [-0.05, 0) is 49.9 Å². The Bertz CT molecular complexity index is 1240. The fraction of sp³-hybridized carbons (Fsp3) is 0.370. The topological polar surface area (TPSA) is 58.6 Å². The Morgan fingerprint density at radius 1 is 1.03 bits per heavy atom. The summed E-state index contributed by atoms with van der Waals surface area (Å²) in [4.78, 5) is 26.4. The number of ether oxygens (including phenoxy) is 1. The van der Waals surface area contributed by atoms with E-state index in [0.29, 0.717) is 42.0 Å². The van der Waals surface area contributed by atoms with Gasteiger partial charge in [0.2, 0.25) is 11.8 Å². The van der Waals surface area contributed by atoms with E-state index in [1.165, 1.54) is 11.0 Å². The van der Waals surface area contributed by atoms with Crippen LogP contribution < -0.4 is 9.64 Å². The largest absolute Gasteiger partial charge is 0.438 e. The van der Waals surface area contributed by atoms with E-state index in [9.17, 15) is 13.6 Å². The van der Waals surface area contributed by atoms with Crippen LogP contribution in [0, 0.1) is 24.5 Å². The lowest BCUT2D eigenvalue weighted by atomic mass is 9.99. The third-order valence-corrected chi connectivity index (χ3v) is 6.76. The Kier molecular flexibility index (Phi) is 6.36. The van der Waals surface area contributed by atoms with Gasteiger partial charge in [0.1, 0.15) is 17.4 Å². The van der Waals surface area contributed by atoms with Gasteiger partial charge in [-0.3, -0.25) is 4.79 Å². The van der Waals surface area contributed by atoms with Crippen LogP contribution in [0.3, 0.4) is 0 Å². The molecule has 0 saturated carbocycles. The summed E-state index contributed by atoms with van der Waals surface area (Å²) in [5.41, 5.74) is 2.50. The molecule has 182 valence electrons. The van der Waals surface area contributed by atoms with Crippen LogP contribution in [0.2, 0.25) is 0 Å². The minimum atomic E-state index is -0.872. The van der Waals surface area contributed by atoms with Crippen molar-refractivity contribution >= 4 is 11.9 Å². The number of nitrogens with zero attached hydrogens (tertiary/aromatic N) is 4. The van der Waals surface area contributed by atoms with Gasteiger partial charge in [-0.1, -0.05) is 24.6 Å². The van der Waals surface area contributed by atoms with Crippen LogP contribution in [-0.4, -0.2) is 40.4 Å².